The summed E-state index contributed by atoms with van der Waals surface area (Å²) in [5.41, 5.74) is 2.64. The molecule has 2 aliphatic rings. The summed E-state index contributed by atoms with van der Waals surface area (Å²) < 4.78 is 2.00. The van der Waals surface area contributed by atoms with E-state index in [1.807, 2.05) is 4.68 Å². The van der Waals surface area contributed by atoms with Gasteiger partial charge in [0, 0.05) is 25.3 Å². The predicted molar refractivity (Wildman–Crippen MR) is 82.5 cm³/mol. The summed E-state index contributed by atoms with van der Waals surface area (Å²) in [6.45, 7) is 3.68. The first kappa shape index (κ1) is 14.3. The smallest absolute Gasteiger partial charge is 0.170 e. The zero-order valence-electron chi connectivity index (χ0n) is 11.8. The molecule has 6 nitrogen and oxygen atoms in total. The van der Waals surface area contributed by atoms with Crippen LogP contribution in [0, 0.1) is 0 Å². The standard InChI is InChI=1S/C14H18N6.ClH/c1-2-4-13-11(3-1)9-15-7-8-19(13)10-14-16-17-18-20(14)12-5-6-12;/h1-4,12,15H,5-10H2;1H. The summed E-state index contributed by atoms with van der Waals surface area (Å²) in [5.74, 6) is 0.976. The topological polar surface area (TPSA) is 58.9 Å². The van der Waals surface area contributed by atoms with Crippen molar-refractivity contribution >= 4 is 18.1 Å². The van der Waals surface area contributed by atoms with Crippen LogP contribution in [0.1, 0.15) is 30.3 Å². The van der Waals surface area contributed by atoms with E-state index in [0.717, 1.165) is 32.0 Å². The number of anilines is 1. The molecule has 1 aromatic heterocycles. The summed E-state index contributed by atoms with van der Waals surface area (Å²) >= 11 is 0. The molecule has 1 aromatic carbocycles. The lowest BCUT2D eigenvalue weighted by Gasteiger charge is -2.23. The van der Waals surface area contributed by atoms with Gasteiger partial charge in [-0.1, -0.05) is 18.2 Å². The molecule has 0 saturated heterocycles. The fraction of sp³-hybridized carbons (Fsp3) is 0.500. The minimum atomic E-state index is 0. The van der Waals surface area contributed by atoms with Gasteiger partial charge >= 0.3 is 0 Å². The molecule has 112 valence electrons. The highest BCUT2D eigenvalue weighted by molar-refractivity contribution is 5.85. The molecule has 0 spiro atoms. The molecule has 1 aliphatic heterocycles. The molecule has 0 amide bonds. The highest BCUT2D eigenvalue weighted by Gasteiger charge is 2.28. The third kappa shape index (κ3) is 2.87. The highest BCUT2D eigenvalue weighted by atomic mass is 35.5. The van der Waals surface area contributed by atoms with E-state index >= 15 is 0 Å². The third-order valence-electron chi connectivity index (χ3n) is 3.99. The van der Waals surface area contributed by atoms with Crippen LogP contribution in [0.5, 0.6) is 0 Å². The lowest BCUT2D eigenvalue weighted by atomic mass is 10.1. The van der Waals surface area contributed by atoms with Crippen LogP contribution < -0.4 is 10.2 Å². The lowest BCUT2D eigenvalue weighted by molar-refractivity contribution is 0.572. The Bertz CT molecular complexity index is 609. The van der Waals surface area contributed by atoms with Crippen molar-refractivity contribution in [2.24, 2.45) is 0 Å². The maximum absolute atomic E-state index is 4.21. The molecular formula is C14H19ClN6. The molecule has 7 heteroatoms. The zero-order valence-corrected chi connectivity index (χ0v) is 12.6. The van der Waals surface area contributed by atoms with E-state index in [1.165, 1.54) is 24.1 Å². The zero-order chi connectivity index (χ0) is 13.4. The number of aromatic nitrogens is 4. The van der Waals surface area contributed by atoms with E-state index in [-0.39, 0.29) is 12.4 Å². The van der Waals surface area contributed by atoms with E-state index in [9.17, 15) is 0 Å². The third-order valence-corrected chi connectivity index (χ3v) is 3.99. The minimum Gasteiger partial charge on any atom is -0.362 e. The van der Waals surface area contributed by atoms with Crippen LogP contribution in [-0.2, 0) is 13.1 Å². The Labute approximate surface area is 129 Å². The molecule has 4 rings (SSSR count). The molecule has 1 N–H and O–H groups in total. The number of para-hydroxylation sites is 1. The molecule has 0 bridgehead atoms. The van der Waals surface area contributed by atoms with Crippen molar-refractivity contribution < 1.29 is 0 Å². The van der Waals surface area contributed by atoms with Crippen molar-refractivity contribution in [1.82, 2.24) is 25.5 Å². The maximum atomic E-state index is 4.21. The minimum absolute atomic E-state index is 0. The first-order valence-electron chi connectivity index (χ1n) is 7.22. The van der Waals surface area contributed by atoms with Crippen LogP contribution in [0.2, 0.25) is 0 Å². The van der Waals surface area contributed by atoms with Crippen molar-refractivity contribution in [3.63, 3.8) is 0 Å². The van der Waals surface area contributed by atoms with Gasteiger partial charge in [-0.25, -0.2) is 4.68 Å². The van der Waals surface area contributed by atoms with E-state index in [2.05, 4.69) is 50.0 Å². The molecule has 1 aliphatic carbocycles. The normalized spacial score (nSPS) is 17.8. The molecule has 1 saturated carbocycles. The van der Waals surface area contributed by atoms with Crippen LogP contribution in [0.4, 0.5) is 5.69 Å². The fourth-order valence-electron chi connectivity index (χ4n) is 2.78. The second kappa shape index (κ2) is 5.99. The molecule has 2 heterocycles. The summed E-state index contributed by atoms with van der Waals surface area (Å²) in [7, 11) is 0. The number of halogens is 1. The molecule has 1 fully saturated rings. The Morgan fingerprint density at radius 3 is 2.95 bits per heavy atom. The Morgan fingerprint density at radius 1 is 1.24 bits per heavy atom. The van der Waals surface area contributed by atoms with Crippen LogP contribution in [0.15, 0.2) is 24.3 Å². The van der Waals surface area contributed by atoms with Crippen molar-refractivity contribution in [3.8, 4) is 0 Å². The molecular weight excluding hydrogens is 288 g/mol. The summed E-state index contributed by atoms with van der Waals surface area (Å²) in [6, 6.07) is 9.09. The van der Waals surface area contributed by atoms with E-state index in [0.29, 0.717) is 6.04 Å². The highest BCUT2D eigenvalue weighted by Crippen LogP contribution is 2.35. The van der Waals surface area contributed by atoms with Crippen molar-refractivity contribution in [2.75, 3.05) is 18.0 Å². The fourth-order valence-corrected chi connectivity index (χ4v) is 2.78. The maximum Gasteiger partial charge on any atom is 0.170 e. The van der Waals surface area contributed by atoms with Gasteiger partial charge in [-0.15, -0.1) is 17.5 Å². The molecule has 0 radical (unpaired) electrons. The number of benzene rings is 1. The van der Waals surface area contributed by atoms with E-state index in [1.54, 1.807) is 0 Å². The van der Waals surface area contributed by atoms with Gasteiger partial charge in [0.2, 0.25) is 0 Å². The van der Waals surface area contributed by atoms with Gasteiger partial charge in [0.15, 0.2) is 5.82 Å². The summed E-state index contributed by atoms with van der Waals surface area (Å²) in [6.07, 6.45) is 2.41. The predicted octanol–water partition coefficient (Wildman–Crippen LogP) is 1.54. The van der Waals surface area contributed by atoms with Gasteiger partial charge in [0.1, 0.15) is 0 Å². The average molecular weight is 307 g/mol. The first-order chi connectivity index (χ1) is 9.92. The van der Waals surface area contributed by atoms with Crippen LogP contribution in [0.3, 0.4) is 0 Å². The van der Waals surface area contributed by atoms with Gasteiger partial charge in [-0.05, 0) is 34.9 Å². The average Bonchev–Trinajstić information content (AvgIpc) is 3.25. The molecule has 21 heavy (non-hydrogen) atoms. The Hall–Kier alpha value is -1.66. The number of rotatable bonds is 3. The molecule has 0 unspecified atom stereocenters. The van der Waals surface area contributed by atoms with Crippen molar-refractivity contribution in [3.05, 3.63) is 35.7 Å². The van der Waals surface area contributed by atoms with Gasteiger partial charge in [-0.2, -0.15) is 0 Å². The summed E-state index contributed by atoms with van der Waals surface area (Å²) in [4.78, 5) is 2.37. The van der Waals surface area contributed by atoms with Crippen molar-refractivity contribution in [2.45, 2.75) is 32.0 Å². The Balaban J connectivity index is 0.00000132. The monoisotopic (exact) mass is 306 g/mol. The van der Waals surface area contributed by atoms with Gasteiger partial charge < -0.3 is 10.2 Å². The number of hydrogen-bond acceptors (Lipinski definition) is 5. The number of tetrazole rings is 1. The second-order valence-corrected chi connectivity index (χ2v) is 5.50. The molecule has 2 aromatic rings. The van der Waals surface area contributed by atoms with Gasteiger partial charge in [0.05, 0.1) is 12.6 Å². The van der Waals surface area contributed by atoms with Crippen molar-refractivity contribution in [1.29, 1.82) is 0 Å². The number of nitrogens with zero attached hydrogens (tertiary/aromatic N) is 5. The van der Waals surface area contributed by atoms with Crippen LogP contribution in [0.25, 0.3) is 0 Å². The quantitative estimate of drug-likeness (QED) is 0.932. The second-order valence-electron chi connectivity index (χ2n) is 5.50. The van der Waals surface area contributed by atoms with E-state index < -0.39 is 0 Å². The van der Waals surface area contributed by atoms with Crippen LogP contribution in [-0.4, -0.2) is 33.3 Å². The Morgan fingerprint density at radius 2 is 2.10 bits per heavy atom. The Kier molecular flexibility index (Phi) is 4.07. The van der Waals surface area contributed by atoms with Gasteiger partial charge in [-0.3, -0.25) is 0 Å². The first-order valence-corrected chi connectivity index (χ1v) is 7.22. The lowest BCUT2D eigenvalue weighted by Crippen LogP contribution is -2.29. The van der Waals surface area contributed by atoms with Crippen LogP contribution >= 0.6 is 12.4 Å². The van der Waals surface area contributed by atoms with Gasteiger partial charge in [0.25, 0.3) is 0 Å². The number of nitrogens with one attached hydrogen (secondary N) is 1. The SMILES string of the molecule is Cl.c1ccc2c(c1)CNCCN2Cc1nnnn1C1CC1. The number of fused-ring (bicyclic) bond motifs is 1. The number of hydrogen-bond donors (Lipinski definition) is 1. The summed E-state index contributed by atoms with van der Waals surface area (Å²) in [5, 5.41) is 15.7. The molecule has 0 atom stereocenters. The largest absolute Gasteiger partial charge is 0.362 e. The van der Waals surface area contributed by atoms with E-state index in [4.69, 9.17) is 0 Å².